The van der Waals surface area contributed by atoms with Gasteiger partial charge < -0.3 is 15.2 Å². The molecule has 1 unspecified atom stereocenters. The highest BCUT2D eigenvalue weighted by Crippen LogP contribution is 2.30. The molecule has 1 saturated heterocycles. The molecule has 0 bridgehead atoms. The van der Waals surface area contributed by atoms with E-state index in [-0.39, 0.29) is 6.04 Å². The van der Waals surface area contributed by atoms with Crippen molar-refractivity contribution in [1.82, 2.24) is 14.5 Å². The number of hydrogen-bond donors (Lipinski definition) is 1. The highest BCUT2D eigenvalue weighted by atomic mass is 15.1. The van der Waals surface area contributed by atoms with Gasteiger partial charge in [0.2, 0.25) is 0 Å². The number of nitrogens with two attached hydrogens (primary N) is 1. The second kappa shape index (κ2) is 5.02. The molecule has 4 nitrogen and oxygen atoms in total. The van der Waals surface area contributed by atoms with Crippen molar-refractivity contribution < 1.29 is 0 Å². The van der Waals surface area contributed by atoms with Crippen molar-refractivity contribution in [2.45, 2.75) is 51.1 Å². The van der Waals surface area contributed by atoms with Gasteiger partial charge >= 0.3 is 0 Å². The Labute approximate surface area is 109 Å². The number of imidazole rings is 1. The molecule has 1 aromatic rings. The van der Waals surface area contributed by atoms with Crippen LogP contribution in [-0.2, 0) is 6.54 Å². The molecule has 0 aromatic carbocycles. The molecule has 4 heteroatoms. The van der Waals surface area contributed by atoms with E-state index in [2.05, 4.69) is 22.6 Å². The van der Waals surface area contributed by atoms with Crippen LogP contribution in [0.15, 0.2) is 6.20 Å². The van der Waals surface area contributed by atoms with Gasteiger partial charge in [-0.25, -0.2) is 4.98 Å². The van der Waals surface area contributed by atoms with E-state index in [1.165, 1.54) is 44.6 Å². The second-order valence-corrected chi connectivity index (χ2v) is 5.67. The van der Waals surface area contributed by atoms with Crippen molar-refractivity contribution in [1.29, 1.82) is 0 Å². The first-order valence-corrected chi connectivity index (χ1v) is 7.33. The van der Waals surface area contributed by atoms with Crippen LogP contribution in [0.5, 0.6) is 0 Å². The van der Waals surface area contributed by atoms with E-state index in [4.69, 9.17) is 10.7 Å². The SMILES string of the molecule is CCN1CCC(c2cn3c(n2)C(N)CCC3)CC1. The zero-order valence-corrected chi connectivity index (χ0v) is 11.3. The first-order chi connectivity index (χ1) is 8.78. The fourth-order valence-corrected chi connectivity index (χ4v) is 3.28. The third kappa shape index (κ3) is 2.19. The molecular weight excluding hydrogens is 224 g/mol. The zero-order chi connectivity index (χ0) is 12.5. The van der Waals surface area contributed by atoms with Gasteiger partial charge in [-0.1, -0.05) is 6.92 Å². The maximum absolute atomic E-state index is 6.14. The number of piperidine rings is 1. The van der Waals surface area contributed by atoms with E-state index in [0.29, 0.717) is 5.92 Å². The molecule has 0 radical (unpaired) electrons. The molecule has 0 aliphatic carbocycles. The third-order valence-electron chi connectivity index (χ3n) is 4.52. The van der Waals surface area contributed by atoms with Crippen molar-refractivity contribution in [2.24, 2.45) is 5.73 Å². The Balaban J connectivity index is 1.74. The Kier molecular flexibility index (Phi) is 3.39. The van der Waals surface area contributed by atoms with E-state index in [1.807, 2.05) is 0 Å². The highest BCUT2D eigenvalue weighted by molar-refractivity contribution is 5.14. The quantitative estimate of drug-likeness (QED) is 0.869. The van der Waals surface area contributed by atoms with Gasteiger partial charge in [-0.05, 0) is 45.3 Å². The minimum Gasteiger partial charge on any atom is -0.333 e. The first-order valence-electron chi connectivity index (χ1n) is 7.33. The van der Waals surface area contributed by atoms with Gasteiger partial charge in [0, 0.05) is 18.7 Å². The van der Waals surface area contributed by atoms with E-state index in [9.17, 15) is 0 Å². The lowest BCUT2D eigenvalue weighted by Gasteiger charge is -2.30. The second-order valence-electron chi connectivity index (χ2n) is 5.67. The number of hydrogen-bond acceptors (Lipinski definition) is 3. The Hall–Kier alpha value is -0.870. The van der Waals surface area contributed by atoms with Crippen molar-refractivity contribution in [3.05, 3.63) is 17.7 Å². The molecule has 2 N–H and O–H groups in total. The smallest absolute Gasteiger partial charge is 0.125 e. The average molecular weight is 248 g/mol. The fourth-order valence-electron chi connectivity index (χ4n) is 3.28. The Bertz CT molecular complexity index is 404. The molecule has 2 aliphatic rings. The van der Waals surface area contributed by atoms with Gasteiger partial charge in [-0.15, -0.1) is 0 Å². The van der Waals surface area contributed by atoms with E-state index < -0.39 is 0 Å². The van der Waals surface area contributed by atoms with Gasteiger partial charge in [-0.3, -0.25) is 0 Å². The largest absolute Gasteiger partial charge is 0.333 e. The lowest BCUT2D eigenvalue weighted by atomic mass is 9.94. The first kappa shape index (κ1) is 12.2. The molecule has 2 aliphatic heterocycles. The fraction of sp³-hybridized carbons (Fsp3) is 0.786. The summed E-state index contributed by atoms with van der Waals surface area (Å²) in [5, 5.41) is 0. The number of nitrogens with zero attached hydrogens (tertiary/aromatic N) is 3. The number of aromatic nitrogens is 2. The summed E-state index contributed by atoms with van der Waals surface area (Å²) >= 11 is 0. The number of fused-ring (bicyclic) bond motifs is 1. The van der Waals surface area contributed by atoms with Crippen LogP contribution >= 0.6 is 0 Å². The molecular formula is C14H24N4. The van der Waals surface area contributed by atoms with Gasteiger partial charge in [0.05, 0.1) is 11.7 Å². The summed E-state index contributed by atoms with van der Waals surface area (Å²) < 4.78 is 2.29. The summed E-state index contributed by atoms with van der Waals surface area (Å²) in [7, 11) is 0. The Morgan fingerprint density at radius 3 is 2.72 bits per heavy atom. The Morgan fingerprint density at radius 2 is 2.06 bits per heavy atom. The van der Waals surface area contributed by atoms with E-state index >= 15 is 0 Å². The van der Waals surface area contributed by atoms with Crippen LogP contribution in [0.25, 0.3) is 0 Å². The van der Waals surface area contributed by atoms with Crippen LogP contribution < -0.4 is 5.73 Å². The van der Waals surface area contributed by atoms with Crippen molar-refractivity contribution in [3.8, 4) is 0 Å². The average Bonchev–Trinajstić information content (AvgIpc) is 2.84. The van der Waals surface area contributed by atoms with E-state index in [1.54, 1.807) is 0 Å². The molecule has 3 rings (SSSR count). The summed E-state index contributed by atoms with van der Waals surface area (Å²) in [6, 6.07) is 0.156. The predicted octanol–water partition coefficient (Wildman–Crippen LogP) is 1.88. The molecule has 0 amide bonds. The normalized spacial score (nSPS) is 26.2. The zero-order valence-electron chi connectivity index (χ0n) is 11.3. The molecule has 0 spiro atoms. The molecule has 1 atom stereocenters. The molecule has 1 fully saturated rings. The van der Waals surface area contributed by atoms with Crippen LogP contribution in [0.4, 0.5) is 0 Å². The molecule has 1 aromatic heterocycles. The van der Waals surface area contributed by atoms with Crippen molar-refractivity contribution in [2.75, 3.05) is 19.6 Å². The van der Waals surface area contributed by atoms with Crippen LogP contribution in [0, 0.1) is 0 Å². The van der Waals surface area contributed by atoms with Crippen molar-refractivity contribution >= 4 is 0 Å². The van der Waals surface area contributed by atoms with Gasteiger partial charge in [0.1, 0.15) is 5.82 Å². The lowest BCUT2D eigenvalue weighted by Crippen LogP contribution is -2.32. The molecule has 18 heavy (non-hydrogen) atoms. The number of rotatable bonds is 2. The van der Waals surface area contributed by atoms with Gasteiger partial charge in [0.15, 0.2) is 0 Å². The molecule has 0 saturated carbocycles. The summed E-state index contributed by atoms with van der Waals surface area (Å²) in [6.07, 6.45) is 7.04. The van der Waals surface area contributed by atoms with Crippen molar-refractivity contribution in [3.63, 3.8) is 0 Å². The predicted molar refractivity (Wildman–Crippen MR) is 72.5 cm³/mol. The summed E-state index contributed by atoms with van der Waals surface area (Å²) in [4.78, 5) is 7.35. The van der Waals surface area contributed by atoms with Crippen LogP contribution in [0.2, 0.25) is 0 Å². The van der Waals surface area contributed by atoms with E-state index in [0.717, 1.165) is 18.8 Å². The maximum atomic E-state index is 6.14. The monoisotopic (exact) mass is 248 g/mol. The third-order valence-corrected chi connectivity index (χ3v) is 4.52. The molecule has 100 valence electrons. The number of likely N-dealkylation sites (tertiary alicyclic amines) is 1. The summed E-state index contributed by atoms with van der Waals surface area (Å²) in [6.45, 7) is 6.96. The standard InChI is InChI=1S/C14H24N4/c1-2-17-8-5-11(6-9-17)13-10-18-7-3-4-12(15)14(18)16-13/h10-12H,2-9,15H2,1H3. The minimum atomic E-state index is 0.156. The van der Waals surface area contributed by atoms with Gasteiger partial charge in [0.25, 0.3) is 0 Å². The number of aryl methyl sites for hydroxylation is 1. The summed E-state index contributed by atoms with van der Waals surface area (Å²) in [5.74, 6) is 1.77. The summed E-state index contributed by atoms with van der Waals surface area (Å²) in [5.41, 5.74) is 7.43. The highest BCUT2D eigenvalue weighted by Gasteiger charge is 2.25. The van der Waals surface area contributed by atoms with Crippen LogP contribution in [-0.4, -0.2) is 34.1 Å². The van der Waals surface area contributed by atoms with Crippen LogP contribution in [0.1, 0.15) is 56.1 Å². The molecule has 3 heterocycles. The lowest BCUT2D eigenvalue weighted by molar-refractivity contribution is 0.221. The maximum Gasteiger partial charge on any atom is 0.125 e. The van der Waals surface area contributed by atoms with Gasteiger partial charge in [-0.2, -0.15) is 0 Å². The van der Waals surface area contributed by atoms with Crippen LogP contribution in [0.3, 0.4) is 0 Å². The minimum absolute atomic E-state index is 0.156. The Morgan fingerprint density at radius 1 is 1.28 bits per heavy atom. The topological polar surface area (TPSA) is 47.1 Å².